The van der Waals surface area contributed by atoms with Crippen molar-refractivity contribution in [1.29, 1.82) is 0 Å². The quantitative estimate of drug-likeness (QED) is 0.897. The lowest BCUT2D eigenvalue weighted by molar-refractivity contribution is 0.807. The summed E-state index contributed by atoms with van der Waals surface area (Å²) in [6.07, 6.45) is 0. The topological polar surface area (TPSA) is 24.9 Å². The Kier molecular flexibility index (Phi) is 3.60. The Hall–Kier alpha value is -1.19. The van der Waals surface area contributed by atoms with Gasteiger partial charge in [-0.25, -0.2) is 4.98 Å². The fraction of sp³-hybridized carbons (Fsp3) is 0.357. The number of aromatic nitrogens is 1. The Morgan fingerprint density at radius 2 is 2.00 bits per heavy atom. The predicted octanol–water partition coefficient (Wildman–Crippen LogP) is 3.45. The average Bonchev–Trinajstić information content (AvgIpc) is 2.60. The van der Waals surface area contributed by atoms with E-state index in [0.717, 1.165) is 17.2 Å². The van der Waals surface area contributed by atoms with Gasteiger partial charge in [-0.2, -0.15) is 0 Å². The van der Waals surface area contributed by atoms with Crippen LogP contribution in [0.1, 0.15) is 21.8 Å². The van der Waals surface area contributed by atoms with Gasteiger partial charge in [0.15, 0.2) is 0 Å². The van der Waals surface area contributed by atoms with Gasteiger partial charge in [-0.1, -0.05) is 23.8 Å². The van der Waals surface area contributed by atoms with E-state index >= 15 is 0 Å². The van der Waals surface area contributed by atoms with Crippen LogP contribution in [-0.4, -0.2) is 12.0 Å². The third-order valence-electron chi connectivity index (χ3n) is 2.80. The minimum absolute atomic E-state index is 0.844. The number of hydrogen-bond donors (Lipinski definition) is 1. The van der Waals surface area contributed by atoms with E-state index in [4.69, 9.17) is 0 Å². The lowest BCUT2D eigenvalue weighted by Gasteiger charge is -2.05. The molecule has 0 radical (unpaired) electrons. The number of aryl methyl sites for hydroxylation is 3. The highest BCUT2D eigenvalue weighted by Gasteiger charge is 2.11. The highest BCUT2D eigenvalue weighted by molar-refractivity contribution is 7.15. The first-order valence-electron chi connectivity index (χ1n) is 5.80. The molecule has 0 spiro atoms. The molecule has 0 aliphatic rings. The molecule has 2 aromatic rings. The molecule has 0 aliphatic carbocycles. The van der Waals surface area contributed by atoms with E-state index in [1.165, 1.54) is 21.6 Å². The second-order valence-corrected chi connectivity index (χ2v) is 5.45. The van der Waals surface area contributed by atoms with Gasteiger partial charge in [0.25, 0.3) is 0 Å². The average molecular weight is 246 g/mol. The van der Waals surface area contributed by atoms with E-state index in [2.05, 4.69) is 49.3 Å². The zero-order chi connectivity index (χ0) is 12.4. The summed E-state index contributed by atoms with van der Waals surface area (Å²) in [5.74, 6) is 0. The fourth-order valence-electron chi connectivity index (χ4n) is 2.00. The summed E-state index contributed by atoms with van der Waals surface area (Å²) in [6, 6.07) is 6.60. The summed E-state index contributed by atoms with van der Waals surface area (Å²) in [6.45, 7) is 7.22. The number of nitrogens with one attached hydrogen (secondary N) is 1. The third kappa shape index (κ3) is 2.56. The van der Waals surface area contributed by atoms with E-state index in [1.807, 2.05) is 7.05 Å². The summed E-state index contributed by atoms with van der Waals surface area (Å²) >= 11 is 1.78. The molecule has 0 unspecified atom stereocenters. The first-order valence-corrected chi connectivity index (χ1v) is 6.62. The number of rotatable bonds is 3. The maximum atomic E-state index is 4.60. The minimum atomic E-state index is 0.844. The number of benzene rings is 1. The summed E-state index contributed by atoms with van der Waals surface area (Å²) in [7, 11) is 1.95. The monoisotopic (exact) mass is 246 g/mol. The van der Waals surface area contributed by atoms with E-state index in [0.29, 0.717) is 0 Å². The molecule has 17 heavy (non-hydrogen) atoms. The smallest absolute Gasteiger partial charge is 0.107 e. The fourth-order valence-corrected chi connectivity index (χ4v) is 3.16. The van der Waals surface area contributed by atoms with Gasteiger partial charge in [-0.05, 0) is 38.9 Å². The molecule has 1 heterocycles. The standard InChI is InChI=1S/C14H18N2S/c1-9-5-6-12(10(2)7-9)14-11(3)16-13(17-14)8-15-4/h5-7,15H,8H2,1-4H3. The molecule has 1 aromatic carbocycles. The zero-order valence-electron chi connectivity index (χ0n) is 10.8. The van der Waals surface area contributed by atoms with Crippen molar-refractivity contribution in [2.75, 3.05) is 7.05 Å². The SMILES string of the molecule is CNCc1nc(C)c(-c2ccc(C)cc2C)s1. The van der Waals surface area contributed by atoms with Crippen molar-refractivity contribution in [3.05, 3.63) is 40.0 Å². The van der Waals surface area contributed by atoms with Gasteiger partial charge >= 0.3 is 0 Å². The van der Waals surface area contributed by atoms with Gasteiger partial charge in [-0.3, -0.25) is 0 Å². The van der Waals surface area contributed by atoms with Gasteiger partial charge in [0.2, 0.25) is 0 Å². The Labute approximate surface area is 107 Å². The summed E-state index contributed by atoms with van der Waals surface area (Å²) in [5, 5.41) is 4.30. The lowest BCUT2D eigenvalue weighted by atomic mass is 10.0. The molecular formula is C14H18N2S. The molecule has 0 aliphatic heterocycles. The molecule has 0 saturated carbocycles. The Bertz CT molecular complexity index is 529. The molecule has 0 amide bonds. The molecule has 1 aromatic heterocycles. The third-order valence-corrected chi connectivity index (χ3v) is 3.99. The molecule has 2 rings (SSSR count). The highest BCUT2D eigenvalue weighted by Crippen LogP contribution is 2.32. The van der Waals surface area contributed by atoms with Crippen molar-refractivity contribution in [3.8, 4) is 10.4 Å². The second kappa shape index (κ2) is 4.98. The van der Waals surface area contributed by atoms with Crippen LogP contribution in [0.5, 0.6) is 0 Å². The Balaban J connectivity index is 2.45. The minimum Gasteiger partial charge on any atom is -0.314 e. The van der Waals surface area contributed by atoms with Gasteiger partial charge in [0, 0.05) is 6.54 Å². The molecule has 0 fully saturated rings. The molecule has 3 heteroatoms. The second-order valence-electron chi connectivity index (χ2n) is 4.37. The van der Waals surface area contributed by atoms with E-state index in [9.17, 15) is 0 Å². The van der Waals surface area contributed by atoms with Crippen LogP contribution in [-0.2, 0) is 6.54 Å². The molecule has 0 bridgehead atoms. The van der Waals surface area contributed by atoms with Gasteiger partial charge < -0.3 is 5.32 Å². The summed E-state index contributed by atoms with van der Waals surface area (Å²) < 4.78 is 0. The van der Waals surface area contributed by atoms with Crippen LogP contribution < -0.4 is 5.32 Å². The Morgan fingerprint density at radius 1 is 1.24 bits per heavy atom. The molecule has 90 valence electrons. The van der Waals surface area contributed by atoms with Gasteiger partial charge in [0.05, 0.1) is 10.6 Å². The lowest BCUT2D eigenvalue weighted by Crippen LogP contribution is -2.04. The Morgan fingerprint density at radius 3 is 2.65 bits per heavy atom. The van der Waals surface area contributed by atoms with Crippen molar-refractivity contribution in [2.24, 2.45) is 0 Å². The van der Waals surface area contributed by atoms with E-state index in [1.54, 1.807) is 11.3 Å². The van der Waals surface area contributed by atoms with Crippen molar-refractivity contribution in [1.82, 2.24) is 10.3 Å². The molecule has 1 N–H and O–H groups in total. The maximum Gasteiger partial charge on any atom is 0.107 e. The summed E-state index contributed by atoms with van der Waals surface area (Å²) in [5.41, 5.74) is 5.08. The van der Waals surface area contributed by atoms with Crippen LogP contribution in [0.2, 0.25) is 0 Å². The van der Waals surface area contributed by atoms with Crippen LogP contribution in [0.25, 0.3) is 10.4 Å². The largest absolute Gasteiger partial charge is 0.314 e. The van der Waals surface area contributed by atoms with Crippen LogP contribution in [0.3, 0.4) is 0 Å². The highest BCUT2D eigenvalue weighted by atomic mass is 32.1. The first kappa shape index (κ1) is 12.3. The normalized spacial score (nSPS) is 10.8. The van der Waals surface area contributed by atoms with E-state index < -0.39 is 0 Å². The number of thiazole rings is 1. The molecule has 0 atom stereocenters. The van der Waals surface area contributed by atoms with Gasteiger partial charge in [0.1, 0.15) is 5.01 Å². The molecule has 0 saturated heterocycles. The van der Waals surface area contributed by atoms with Crippen molar-refractivity contribution >= 4 is 11.3 Å². The van der Waals surface area contributed by atoms with Crippen LogP contribution in [0.15, 0.2) is 18.2 Å². The van der Waals surface area contributed by atoms with Gasteiger partial charge in [-0.15, -0.1) is 11.3 Å². The van der Waals surface area contributed by atoms with Crippen molar-refractivity contribution in [2.45, 2.75) is 27.3 Å². The number of hydrogen-bond acceptors (Lipinski definition) is 3. The number of nitrogens with zero attached hydrogens (tertiary/aromatic N) is 1. The predicted molar refractivity (Wildman–Crippen MR) is 74.5 cm³/mol. The summed E-state index contributed by atoms with van der Waals surface area (Å²) in [4.78, 5) is 5.90. The van der Waals surface area contributed by atoms with E-state index in [-0.39, 0.29) is 0 Å². The molecule has 2 nitrogen and oxygen atoms in total. The van der Waals surface area contributed by atoms with Crippen LogP contribution in [0.4, 0.5) is 0 Å². The molecular weight excluding hydrogens is 228 g/mol. The van der Waals surface area contributed by atoms with Crippen LogP contribution >= 0.6 is 11.3 Å². The maximum absolute atomic E-state index is 4.60. The first-order chi connectivity index (χ1) is 8.11. The van der Waals surface area contributed by atoms with Crippen molar-refractivity contribution in [3.63, 3.8) is 0 Å². The van der Waals surface area contributed by atoms with Crippen LogP contribution in [0, 0.1) is 20.8 Å². The zero-order valence-corrected chi connectivity index (χ0v) is 11.6. The van der Waals surface area contributed by atoms with Crippen molar-refractivity contribution < 1.29 is 0 Å².